The number of hydrogen-bond donors (Lipinski definition) is 1. The molecule has 4 rings (SSSR count). The fraction of sp³-hybridized carbons (Fsp3) is 0.550. The van der Waals surface area contributed by atoms with Gasteiger partial charge in [-0.05, 0) is 36.5 Å². The average Bonchev–Trinajstić information content (AvgIpc) is 3.31. The Bertz CT molecular complexity index is 1070. The van der Waals surface area contributed by atoms with Crippen LogP contribution < -0.4 is 5.32 Å². The first kappa shape index (κ1) is 22.6. The summed E-state index contributed by atoms with van der Waals surface area (Å²) < 4.78 is 68.0. The topological polar surface area (TPSA) is 67.2 Å². The van der Waals surface area contributed by atoms with Crippen LogP contribution in [0, 0.1) is 5.92 Å². The first-order valence-corrected chi connectivity index (χ1v) is 11.9. The van der Waals surface area contributed by atoms with Crippen molar-refractivity contribution in [2.75, 3.05) is 13.1 Å². The van der Waals surface area contributed by atoms with Crippen molar-refractivity contribution in [1.29, 1.82) is 0 Å². The van der Waals surface area contributed by atoms with Crippen LogP contribution in [0.1, 0.15) is 36.8 Å². The summed E-state index contributed by atoms with van der Waals surface area (Å²) in [7, 11) is -2.00. The van der Waals surface area contributed by atoms with Crippen molar-refractivity contribution < 1.29 is 21.6 Å². The summed E-state index contributed by atoms with van der Waals surface area (Å²) in [5, 5.41) is 3.54. The van der Waals surface area contributed by atoms with Gasteiger partial charge in [0, 0.05) is 43.4 Å². The number of benzene rings is 1. The molecule has 0 unspecified atom stereocenters. The van der Waals surface area contributed by atoms with Crippen LogP contribution in [0.25, 0.3) is 0 Å². The van der Waals surface area contributed by atoms with Gasteiger partial charge in [-0.3, -0.25) is 0 Å². The summed E-state index contributed by atoms with van der Waals surface area (Å²) in [6, 6.07) is 3.33. The maximum Gasteiger partial charge on any atom is 0.416 e. The zero-order chi connectivity index (χ0) is 22.4. The molecular weight excluding hydrogens is 453 g/mol. The second-order valence-corrected chi connectivity index (χ2v) is 10.7. The maximum absolute atomic E-state index is 13.1. The van der Waals surface area contributed by atoms with E-state index >= 15 is 0 Å². The molecule has 31 heavy (non-hydrogen) atoms. The molecule has 2 fully saturated rings. The monoisotopic (exact) mass is 476 g/mol. The highest BCUT2D eigenvalue weighted by atomic mass is 35.5. The van der Waals surface area contributed by atoms with Gasteiger partial charge in [-0.2, -0.15) is 17.5 Å². The van der Waals surface area contributed by atoms with Gasteiger partial charge >= 0.3 is 6.18 Å². The molecule has 1 aromatic carbocycles. The average molecular weight is 477 g/mol. The van der Waals surface area contributed by atoms with Crippen LogP contribution in [-0.2, 0) is 29.8 Å². The van der Waals surface area contributed by atoms with Crippen molar-refractivity contribution in [3.05, 3.63) is 46.9 Å². The Morgan fingerprint density at radius 2 is 2.10 bits per heavy atom. The predicted octanol–water partition coefficient (Wildman–Crippen LogP) is 3.82. The first-order valence-electron chi connectivity index (χ1n) is 10.1. The van der Waals surface area contributed by atoms with Crippen LogP contribution in [-0.4, -0.2) is 40.9 Å². The number of nitrogens with zero attached hydrogens (tertiary/aromatic N) is 3. The van der Waals surface area contributed by atoms with Gasteiger partial charge in [-0.25, -0.2) is 13.4 Å². The van der Waals surface area contributed by atoms with Crippen molar-refractivity contribution >= 4 is 21.6 Å². The lowest BCUT2D eigenvalue weighted by atomic mass is 9.75. The fourth-order valence-electron chi connectivity index (χ4n) is 4.68. The summed E-state index contributed by atoms with van der Waals surface area (Å²) in [4.78, 5) is 4.01. The normalized spacial score (nSPS) is 25.0. The molecule has 0 bridgehead atoms. The number of aromatic nitrogens is 2. The molecule has 1 aliphatic heterocycles. The van der Waals surface area contributed by atoms with Crippen LogP contribution >= 0.6 is 11.6 Å². The summed E-state index contributed by atoms with van der Waals surface area (Å²) in [5.41, 5.74) is -0.672. The lowest BCUT2D eigenvalue weighted by molar-refractivity contribution is -0.137. The molecular formula is C20H24ClF3N4O2S. The van der Waals surface area contributed by atoms with Crippen molar-refractivity contribution in [2.24, 2.45) is 13.0 Å². The molecule has 0 radical (unpaired) electrons. The van der Waals surface area contributed by atoms with E-state index in [1.54, 1.807) is 11.6 Å². The highest BCUT2D eigenvalue weighted by Gasteiger charge is 2.51. The molecule has 0 spiro atoms. The van der Waals surface area contributed by atoms with Crippen molar-refractivity contribution in [2.45, 2.75) is 49.0 Å². The fourth-order valence-corrected chi connectivity index (χ4v) is 6.44. The van der Waals surface area contributed by atoms with Crippen molar-refractivity contribution in [3.8, 4) is 0 Å². The van der Waals surface area contributed by atoms with Gasteiger partial charge in [0.15, 0.2) is 5.03 Å². The quantitative estimate of drug-likeness (QED) is 0.712. The molecule has 0 amide bonds. The lowest BCUT2D eigenvalue weighted by Gasteiger charge is -2.39. The van der Waals surface area contributed by atoms with Gasteiger partial charge in [-0.1, -0.05) is 30.5 Å². The molecule has 6 nitrogen and oxygen atoms in total. The molecule has 170 valence electrons. The van der Waals surface area contributed by atoms with Gasteiger partial charge in [-0.15, -0.1) is 0 Å². The minimum Gasteiger partial charge on any atom is -0.339 e. The third kappa shape index (κ3) is 4.35. The van der Waals surface area contributed by atoms with E-state index in [2.05, 4.69) is 10.3 Å². The van der Waals surface area contributed by atoms with Crippen LogP contribution in [0.2, 0.25) is 5.02 Å². The van der Waals surface area contributed by atoms with Gasteiger partial charge in [0.2, 0.25) is 0 Å². The summed E-state index contributed by atoms with van der Waals surface area (Å²) in [6.07, 6.45) is 2.16. The number of aryl methyl sites for hydroxylation is 1. The second-order valence-electron chi connectivity index (χ2n) is 8.43. The van der Waals surface area contributed by atoms with Gasteiger partial charge in [0.25, 0.3) is 10.0 Å². The zero-order valence-corrected chi connectivity index (χ0v) is 18.6. The number of halogens is 4. The molecule has 11 heteroatoms. The van der Waals surface area contributed by atoms with Gasteiger partial charge in [0.05, 0.1) is 11.9 Å². The maximum atomic E-state index is 13.1. The Morgan fingerprint density at radius 1 is 1.32 bits per heavy atom. The first-order chi connectivity index (χ1) is 14.5. The minimum absolute atomic E-state index is 0.0228. The number of rotatable bonds is 5. The summed E-state index contributed by atoms with van der Waals surface area (Å²) in [6.45, 7) is 0.965. The highest BCUT2D eigenvalue weighted by Crippen LogP contribution is 2.42. The molecule has 1 N–H and O–H groups in total. The Morgan fingerprint density at radius 3 is 2.74 bits per heavy atom. The highest BCUT2D eigenvalue weighted by molar-refractivity contribution is 7.89. The molecule has 2 aliphatic rings. The molecule has 2 heterocycles. The van der Waals surface area contributed by atoms with Crippen LogP contribution in [0.5, 0.6) is 0 Å². The molecule has 1 saturated heterocycles. The molecule has 1 saturated carbocycles. The lowest BCUT2D eigenvalue weighted by Crippen LogP contribution is -2.53. The standard InChI is InChI=1S/C20H24ClF3N4O2S/c1-27-11-18(25-13-27)31(29,30)28-10-16-4-2-3-7-19(16,12-28)26-9-14-5-6-15(8-17(14)21)20(22,23)24/h5-6,8,11,13,16,26H,2-4,7,9-10,12H2,1H3/t16-,19+/m0/s1. The number of imidazole rings is 1. The van der Waals surface area contributed by atoms with Crippen LogP contribution in [0.15, 0.2) is 35.7 Å². The van der Waals surface area contributed by atoms with E-state index in [9.17, 15) is 21.6 Å². The second kappa shape index (κ2) is 8.06. The van der Waals surface area contributed by atoms with Crippen molar-refractivity contribution in [3.63, 3.8) is 0 Å². The SMILES string of the molecule is Cn1cnc(S(=O)(=O)N2C[C@@H]3CCCC[C@@]3(NCc3ccc(C(F)(F)F)cc3Cl)C2)c1. The Balaban J connectivity index is 1.54. The molecule has 1 aromatic heterocycles. The zero-order valence-electron chi connectivity index (χ0n) is 17.0. The number of nitrogens with one attached hydrogen (secondary N) is 1. The van der Waals surface area contributed by atoms with Crippen molar-refractivity contribution in [1.82, 2.24) is 19.2 Å². The third-order valence-corrected chi connectivity index (χ3v) is 8.44. The number of sulfonamides is 1. The number of hydrogen-bond acceptors (Lipinski definition) is 4. The largest absolute Gasteiger partial charge is 0.416 e. The molecule has 2 aromatic rings. The van der Waals surface area contributed by atoms with Crippen LogP contribution in [0.3, 0.4) is 0 Å². The van der Waals surface area contributed by atoms with E-state index in [0.29, 0.717) is 18.7 Å². The van der Waals surface area contributed by atoms with Gasteiger partial charge in [0.1, 0.15) is 0 Å². The number of alkyl halides is 3. The predicted molar refractivity (Wildman–Crippen MR) is 110 cm³/mol. The Kier molecular flexibility index (Phi) is 5.87. The van der Waals surface area contributed by atoms with E-state index in [-0.39, 0.29) is 22.5 Å². The summed E-state index contributed by atoms with van der Waals surface area (Å²) >= 11 is 6.12. The molecule has 2 atom stereocenters. The van der Waals surface area contributed by atoms with E-state index in [0.717, 1.165) is 37.8 Å². The number of fused-ring (bicyclic) bond motifs is 1. The van der Waals surface area contributed by atoms with E-state index in [1.165, 1.54) is 22.9 Å². The summed E-state index contributed by atoms with van der Waals surface area (Å²) in [5.74, 6) is 0.118. The van der Waals surface area contributed by atoms with E-state index < -0.39 is 27.3 Å². The van der Waals surface area contributed by atoms with E-state index in [4.69, 9.17) is 11.6 Å². The Hall–Kier alpha value is -1.62. The Labute approximate surface area is 184 Å². The minimum atomic E-state index is -4.45. The molecule has 1 aliphatic carbocycles. The van der Waals surface area contributed by atoms with Gasteiger partial charge < -0.3 is 9.88 Å². The smallest absolute Gasteiger partial charge is 0.339 e. The van der Waals surface area contributed by atoms with Crippen LogP contribution in [0.4, 0.5) is 13.2 Å². The third-order valence-electron chi connectivity index (χ3n) is 6.39. The van der Waals surface area contributed by atoms with E-state index in [1.807, 2.05) is 0 Å².